The summed E-state index contributed by atoms with van der Waals surface area (Å²) in [4.78, 5) is 15.5. The van der Waals surface area contributed by atoms with Crippen molar-refractivity contribution in [2.24, 2.45) is 0 Å². The second-order valence-corrected chi connectivity index (χ2v) is 5.03. The quantitative estimate of drug-likeness (QED) is 0.907. The number of nitrogens with zero attached hydrogens (tertiary/aromatic N) is 4. The summed E-state index contributed by atoms with van der Waals surface area (Å²) in [5.74, 6) is 2.12. The molecule has 102 valence electrons. The third kappa shape index (κ3) is 2.40. The molecule has 0 aliphatic carbocycles. The van der Waals surface area contributed by atoms with Gasteiger partial charge in [-0.2, -0.15) is 4.98 Å². The maximum Gasteiger partial charge on any atom is 0.252 e. The molecule has 1 aliphatic rings. The van der Waals surface area contributed by atoms with E-state index in [9.17, 15) is 0 Å². The van der Waals surface area contributed by atoms with Gasteiger partial charge in [0.1, 0.15) is 5.82 Å². The molecule has 6 nitrogen and oxygen atoms in total. The molecule has 0 aromatic carbocycles. The van der Waals surface area contributed by atoms with Gasteiger partial charge in [-0.15, -0.1) is 0 Å². The Hall–Kier alpha value is -1.69. The number of hydrogen-bond acceptors (Lipinski definition) is 6. The molecule has 1 fully saturated rings. The van der Waals surface area contributed by atoms with Gasteiger partial charge in [-0.25, -0.2) is 9.97 Å². The summed E-state index contributed by atoms with van der Waals surface area (Å²) in [6.45, 7) is 9.18. The molecule has 1 aliphatic heterocycles. The molecule has 0 radical (unpaired) electrons. The van der Waals surface area contributed by atoms with E-state index in [1.54, 1.807) is 0 Å². The van der Waals surface area contributed by atoms with E-state index in [2.05, 4.69) is 32.1 Å². The van der Waals surface area contributed by atoms with Crippen LogP contribution in [0.25, 0.3) is 11.2 Å². The van der Waals surface area contributed by atoms with Crippen molar-refractivity contribution in [3.63, 3.8) is 0 Å². The monoisotopic (exact) mass is 261 g/mol. The number of hydrogen-bond donors (Lipinski definition) is 1. The summed E-state index contributed by atoms with van der Waals surface area (Å²) < 4.78 is 5.48. The SMILES string of the molecule is CCN1CC[C@H](Nc2nc(C)nc3oc(C)nc23)C1. The summed E-state index contributed by atoms with van der Waals surface area (Å²) in [6, 6.07) is 0.425. The average molecular weight is 261 g/mol. The second kappa shape index (κ2) is 4.77. The predicted octanol–water partition coefficient (Wildman–Crippen LogP) is 1.74. The number of rotatable bonds is 3. The van der Waals surface area contributed by atoms with E-state index in [1.165, 1.54) is 0 Å². The highest BCUT2D eigenvalue weighted by Gasteiger charge is 2.23. The molecule has 2 aromatic rings. The molecule has 1 N–H and O–H groups in total. The minimum absolute atomic E-state index is 0.425. The van der Waals surface area contributed by atoms with Gasteiger partial charge in [0, 0.05) is 26.1 Å². The molecule has 0 saturated carbocycles. The Labute approximate surface area is 112 Å². The highest BCUT2D eigenvalue weighted by molar-refractivity contribution is 5.81. The van der Waals surface area contributed by atoms with Crippen molar-refractivity contribution in [1.29, 1.82) is 0 Å². The van der Waals surface area contributed by atoms with Gasteiger partial charge in [0.2, 0.25) is 0 Å². The molecule has 1 atom stereocenters. The number of aryl methyl sites for hydroxylation is 2. The van der Waals surface area contributed by atoms with E-state index in [0.717, 1.165) is 37.4 Å². The lowest BCUT2D eigenvalue weighted by Crippen LogP contribution is -2.26. The van der Waals surface area contributed by atoms with Crippen molar-refractivity contribution < 1.29 is 4.42 Å². The topological polar surface area (TPSA) is 67.1 Å². The highest BCUT2D eigenvalue weighted by Crippen LogP contribution is 2.22. The van der Waals surface area contributed by atoms with Crippen LogP contribution in [0.1, 0.15) is 25.1 Å². The van der Waals surface area contributed by atoms with Crippen LogP contribution in [0.5, 0.6) is 0 Å². The van der Waals surface area contributed by atoms with Crippen molar-refractivity contribution in [3.8, 4) is 0 Å². The number of fused-ring (bicyclic) bond motifs is 1. The minimum atomic E-state index is 0.425. The van der Waals surface area contributed by atoms with E-state index < -0.39 is 0 Å². The molecule has 2 aromatic heterocycles. The van der Waals surface area contributed by atoms with Crippen molar-refractivity contribution in [2.75, 3.05) is 25.0 Å². The maximum atomic E-state index is 5.48. The van der Waals surface area contributed by atoms with Crippen molar-refractivity contribution in [1.82, 2.24) is 19.9 Å². The van der Waals surface area contributed by atoms with Crippen LogP contribution in [0.2, 0.25) is 0 Å². The predicted molar refractivity (Wildman–Crippen MR) is 73.2 cm³/mol. The maximum absolute atomic E-state index is 5.48. The van der Waals surface area contributed by atoms with Crippen LogP contribution >= 0.6 is 0 Å². The average Bonchev–Trinajstić information content (AvgIpc) is 2.94. The Balaban J connectivity index is 1.88. The Morgan fingerprint density at radius 1 is 1.32 bits per heavy atom. The third-order valence-electron chi connectivity index (χ3n) is 3.54. The Morgan fingerprint density at radius 2 is 2.16 bits per heavy atom. The highest BCUT2D eigenvalue weighted by atomic mass is 16.4. The van der Waals surface area contributed by atoms with Crippen molar-refractivity contribution in [3.05, 3.63) is 11.7 Å². The standard InChI is InChI=1S/C13H19N5O/c1-4-18-6-5-10(7-18)17-12-11-13(15-8(2)14-12)19-9(3)16-11/h10H,4-7H2,1-3H3,(H,14,15,17)/t10-/m0/s1. The van der Waals surface area contributed by atoms with Crippen molar-refractivity contribution >= 4 is 17.0 Å². The molecule has 0 unspecified atom stereocenters. The van der Waals surface area contributed by atoms with Crippen LogP contribution in [-0.2, 0) is 0 Å². The first kappa shape index (κ1) is 12.3. The molecule has 0 spiro atoms. The summed E-state index contributed by atoms with van der Waals surface area (Å²) in [6.07, 6.45) is 1.13. The summed E-state index contributed by atoms with van der Waals surface area (Å²) in [5, 5.41) is 3.49. The number of likely N-dealkylation sites (tertiary alicyclic amines) is 1. The zero-order chi connectivity index (χ0) is 13.4. The number of likely N-dealkylation sites (N-methyl/N-ethyl adjacent to an activating group) is 1. The first-order valence-electron chi connectivity index (χ1n) is 6.76. The number of oxazole rings is 1. The number of aromatic nitrogens is 3. The van der Waals surface area contributed by atoms with Gasteiger partial charge in [0.15, 0.2) is 17.2 Å². The van der Waals surface area contributed by atoms with Gasteiger partial charge in [-0.1, -0.05) is 6.92 Å². The fourth-order valence-corrected chi connectivity index (χ4v) is 2.56. The molecule has 6 heteroatoms. The Kier molecular flexibility index (Phi) is 3.10. The van der Waals surface area contributed by atoms with E-state index >= 15 is 0 Å². The van der Waals surface area contributed by atoms with Crippen LogP contribution in [0, 0.1) is 13.8 Å². The van der Waals surface area contributed by atoms with Crippen LogP contribution in [0.4, 0.5) is 5.82 Å². The summed E-state index contributed by atoms with van der Waals surface area (Å²) in [7, 11) is 0. The van der Waals surface area contributed by atoms with Crippen LogP contribution in [-0.4, -0.2) is 45.5 Å². The molecule has 1 saturated heterocycles. The molecule has 19 heavy (non-hydrogen) atoms. The minimum Gasteiger partial charge on any atom is -0.422 e. The second-order valence-electron chi connectivity index (χ2n) is 5.03. The fraction of sp³-hybridized carbons (Fsp3) is 0.615. The van der Waals surface area contributed by atoms with Crippen LogP contribution < -0.4 is 5.32 Å². The number of anilines is 1. The van der Waals surface area contributed by atoms with Gasteiger partial charge in [-0.05, 0) is 19.9 Å². The molecular formula is C13H19N5O. The van der Waals surface area contributed by atoms with E-state index in [4.69, 9.17) is 4.42 Å². The third-order valence-corrected chi connectivity index (χ3v) is 3.54. The lowest BCUT2D eigenvalue weighted by atomic mass is 10.2. The molecule has 3 heterocycles. The smallest absolute Gasteiger partial charge is 0.252 e. The summed E-state index contributed by atoms with van der Waals surface area (Å²) in [5.41, 5.74) is 1.30. The van der Waals surface area contributed by atoms with Crippen LogP contribution in [0.15, 0.2) is 4.42 Å². The summed E-state index contributed by atoms with van der Waals surface area (Å²) >= 11 is 0. The largest absolute Gasteiger partial charge is 0.422 e. The fourth-order valence-electron chi connectivity index (χ4n) is 2.56. The zero-order valence-corrected chi connectivity index (χ0v) is 11.6. The van der Waals surface area contributed by atoms with E-state index in [-0.39, 0.29) is 0 Å². The number of nitrogens with one attached hydrogen (secondary N) is 1. The lowest BCUT2D eigenvalue weighted by molar-refractivity contribution is 0.356. The Bertz CT molecular complexity index is 594. The Morgan fingerprint density at radius 3 is 2.89 bits per heavy atom. The van der Waals surface area contributed by atoms with Crippen LogP contribution in [0.3, 0.4) is 0 Å². The molecule has 0 bridgehead atoms. The normalized spacial score (nSPS) is 20.3. The van der Waals surface area contributed by atoms with Crippen molar-refractivity contribution in [2.45, 2.75) is 33.2 Å². The van der Waals surface area contributed by atoms with E-state index in [1.807, 2.05) is 13.8 Å². The van der Waals surface area contributed by atoms with Gasteiger partial charge < -0.3 is 14.6 Å². The molecule has 0 amide bonds. The lowest BCUT2D eigenvalue weighted by Gasteiger charge is -2.15. The van der Waals surface area contributed by atoms with Gasteiger partial charge in [0.05, 0.1) is 0 Å². The zero-order valence-electron chi connectivity index (χ0n) is 11.6. The van der Waals surface area contributed by atoms with Gasteiger partial charge >= 0.3 is 0 Å². The molecular weight excluding hydrogens is 242 g/mol. The van der Waals surface area contributed by atoms with Gasteiger partial charge in [-0.3, -0.25) is 0 Å². The van der Waals surface area contributed by atoms with E-state index in [0.29, 0.717) is 23.5 Å². The molecule has 3 rings (SSSR count). The first-order valence-corrected chi connectivity index (χ1v) is 6.76. The first-order chi connectivity index (χ1) is 9.15. The van der Waals surface area contributed by atoms with Gasteiger partial charge in [0.25, 0.3) is 5.71 Å².